The van der Waals surface area contributed by atoms with Gasteiger partial charge in [0.05, 0.1) is 10.2 Å². The van der Waals surface area contributed by atoms with Crippen LogP contribution in [0.2, 0.25) is 0 Å². The van der Waals surface area contributed by atoms with E-state index in [1.54, 1.807) is 23.2 Å². The summed E-state index contributed by atoms with van der Waals surface area (Å²) in [7, 11) is 0. The van der Waals surface area contributed by atoms with E-state index in [-0.39, 0.29) is 18.0 Å². The van der Waals surface area contributed by atoms with Crippen molar-refractivity contribution < 1.29 is 9.59 Å². The first-order valence-corrected chi connectivity index (χ1v) is 10.3. The zero-order valence-corrected chi connectivity index (χ0v) is 16.4. The summed E-state index contributed by atoms with van der Waals surface area (Å²) in [5.74, 6) is 0.0776. The number of para-hydroxylation sites is 1. The van der Waals surface area contributed by atoms with Gasteiger partial charge >= 0.3 is 6.03 Å². The zero-order valence-electron chi connectivity index (χ0n) is 15.6. The van der Waals surface area contributed by atoms with Gasteiger partial charge in [-0.3, -0.25) is 4.79 Å². The van der Waals surface area contributed by atoms with Crippen molar-refractivity contribution in [2.45, 2.75) is 25.8 Å². The maximum Gasteiger partial charge on any atom is 0.317 e. The molecule has 2 aromatic rings. The van der Waals surface area contributed by atoms with Gasteiger partial charge in [-0.1, -0.05) is 23.5 Å². The highest BCUT2D eigenvalue weighted by molar-refractivity contribution is 7.22. The number of amides is 3. The molecule has 1 N–H and O–H groups in total. The number of hydrogen-bond acceptors (Lipinski definition) is 5. The van der Waals surface area contributed by atoms with Gasteiger partial charge in [0.1, 0.15) is 0 Å². The Balaban J connectivity index is 1.34. The number of fused-ring (bicyclic) bond motifs is 1. The molecular formula is C19H25N5O2S. The molecule has 27 heavy (non-hydrogen) atoms. The second kappa shape index (κ2) is 7.72. The Bertz CT molecular complexity index is 797. The molecule has 2 aliphatic rings. The molecule has 7 nitrogen and oxygen atoms in total. The Morgan fingerprint density at radius 2 is 1.85 bits per heavy atom. The van der Waals surface area contributed by atoms with Crippen LogP contribution in [0.3, 0.4) is 0 Å². The van der Waals surface area contributed by atoms with Gasteiger partial charge in [0.25, 0.3) is 0 Å². The van der Waals surface area contributed by atoms with Crippen molar-refractivity contribution in [1.82, 2.24) is 20.1 Å². The third-order valence-corrected chi connectivity index (χ3v) is 6.41. The normalized spacial score (nSPS) is 20.8. The fraction of sp³-hybridized carbons (Fsp3) is 0.526. The second-order valence-corrected chi connectivity index (χ2v) is 8.20. The molecule has 0 radical (unpaired) electrons. The molecule has 1 aromatic heterocycles. The minimum Gasteiger partial charge on any atom is -0.346 e. The summed E-state index contributed by atoms with van der Waals surface area (Å²) in [6.07, 6.45) is 2.03. The highest BCUT2D eigenvalue weighted by Crippen LogP contribution is 2.30. The van der Waals surface area contributed by atoms with Crippen LogP contribution in [-0.2, 0) is 4.79 Å². The van der Waals surface area contributed by atoms with Crippen molar-refractivity contribution in [3.8, 4) is 0 Å². The number of nitrogens with one attached hydrogen (secondary N) is 1. The summed E-state index contributed by atoms with van der Waals surface area (Å²) in [4.78, 5) is 34.7. The lowest BCUT2D eigenvalue weighted by molar-refractivity contribution is -0.130. The van der Waals surface area contributed by atoms with E-state index in [0.717, 1.165) is 36.6 Å². The lowest BCUT2D eigenvalue weighted by Gasteiger charge is -2.37. The predicted molar refractivity (Wildman–Crippen MR) is 107 cm³/mol. The highest BCUT2D eigenvalue weighted by atomic mass is 32.1. The first kappa shape index (κ1) is 18.0. The summed E-state index contributed by atoms with van der Waals surface area (Å²) < 4.78 is 1.20. The van der Waals surface area contributed by atoms with Gasteiger partial charge in [-0.2, -0.15) is 0 Å². The maximum atomic E-state index is 12.6. The fourth-order valence-corrected chi connectivity index (χ4v) is 4.75. The van der Waals surface area contributed by atoms with E-state index in [9.17, 15) is 9.59 Å². The second-order valence-electron chi connectivity index (χ2n) is 7.19. The zero-order chi connectivity index (χ0) is 18.8. The van der Waals surface area contributed by atoms with Gasteiger partial charge in [0, 0.05) is 52.2 Å². The average Bonchev–Trinajstić information content (AvgIpc) is 3.12. The van der Waals surface area contributed by atoms with Crippen LogP contribution in [0, 0.1) is 0 Å². The number of carbonyl (C=O) groups excluding carboxylic acids is 2. The Labute approximate surface area is 162 Å². The number of rotatable bonds is 2. The smallest absolute Gasteiger partial charge is 0.317 e. The number of thiazole rings is 1. The molecule has 0 bridgehead atoms. The van der Waals surface area contributed by atoms with E-state index in [4.69, 9.17) is 4.98 Å². The number of hydrogen-bond donors (Lipinski definition) is 1. The lowest BCUT2D eigenvalue weighted by Crippen LogP contribution is -2.56. The summed E-state index contributed by atoms with van der Waals surface area (Å²) >= 11 is 1.71. The van der Waals surface area contributed by atoms with Gasteiger partial charge in [0.2, 0.25) is 5.91 Å². The van der Waals surface area contributed by atoms with Crippen LogP contribution in [0.5, 0.6) is 0 Å². The van der Waals surface area contributed by atoms with E-state index in [0.29, 0.717) is 26.2 Å². The third-order valence-electron chi connectivity index (χ3n) is 5.31. The molecule has 1 aromatic carbocycles. The Morgan fingerprint density at radius 1 is 1.11 bits per heavy atom. The number of nitrogens with zero attached hydrogens (tertiary/aromatic N) is 4. The minimum absolute atomic E-state index is 0.0191. The van der Waals surface area contributed by atoms with Crippen LogP contribution in [0.25, 0.3) is 10.2 Å². The standard InChI is InChI=1S/C19H25N5O2S/c1-14(25)22-9-11-23(12-10-22)18(26)20-15-5-4-8-24(13-15)19-21-16-6-2-3-7-17(16)27-19/h2-3,6-7,15H,4-5,8-13H2,1H3,(H,20,26). The van der Waals surface area contributed by atoms with Crippen molar-refractivity contribution in [3.05, 3.63) is 24.3 Å². The number of anilines is 1. The molecule has 1 unspecified atom stereocenters. The monoisotopic (exact) mass is 387 g/mol. The van der Waals surface area contributed by atoms with Crippen molar-refractivity contribution in [2.24, 2.45) is 0 Å². The molecule has 8 heteroatoms. The van der Waals surface area contributed by atoms with E-state index in [1.165, 1.54) is 4.70 Å². The molecule has 144 valence electrons. The SMILES string of the molecule is CC(=O)N1CCN(C(=O)NC2CCCN(c3nc4ccccc4s3)C2)CC1. The van der Waals surface area contributed by atoms with Crippen molar-refractivity contribution in [2.75, 3.05) is 44.2 Å². The molecule has 3 heterocycles. The van der Waals surface area contributed by atoms with Gasteiger partial charge in [-0.05, 0) is 25.0 Å². The fourth-order valence-electron chi connectivity index (χ4n) is 3.75. The molecule has 0 spiro atoms. The Kier molecular flexibility index (Phi) is 5.15. The topological polar surface area (TPSA) is 68.8 Å². The van der Waals surface area contributed by atoms with Crippen LogP contribution in [-0.4, -0.2) is 72.0 Å². The van der Waals surface area contributed by atoms with E-state index < -0.39 is 0 Å². The van der Waals surface area contributed by atoms with E-state index in [1.807, 2.05) is 23.1 Å². The predicted octanol–water partition coefficient (Wildman–Crippen LogP) is 2.14. The van der Waals surface area contributed by atoms with Crippen molar-refractivity contribution in [3.63, 3.8) is 0 Å². The molecule has 4 rings (SSSR count). The number of urea groups is 1. The van der Waals surface area contributed by atoms with E-state index in [2.05, 4.69) is 16.3 Å². The molecule has 2 saturated heterocycles. The first-order valence-electron chi connectivity index (χ1n) is 9.51. The molecule has 2 fully saturated rings. The van der Waals surface area contributed by atoms with Gasteiger partial charge in [-0.25, -0.2) is 9.78 Å². The Hall–Kier alpha value is -2.35. The molecule has 1 atom stereocenters. The molecule has 0 saturated carbocycles. The summed E-state index contributed by atoms with van der Waals surface area (Å²) in [5, 5.41) is 4.22. The van der Waals surface area contributed by atoms with E-state index >= 15 is 0 Å². The minimum atomic E-state index is -0.0191. The molecule has 2 aliphatic heterocycles. The largest absolute Gasteiger partial charge is 0.346 e. The quantitative estimate of drug-likeness (QED) is 0.857. The van der Waals surface area contributed by atoms with Crippen LogP contribution < -0.4 is 10.2 Å². The molecule has 3 amide bonds. The number of carbonyl (C=O) groups is 2. The van der Waals surface area contributed by atoms with Gasteiger partial charge < -0.3 is 20.0 Å². The number of benzene rings is 1. The van der Waals surface area contributed by atoms with Gasteiger partial charge in [-0.15, -0.1) is 0 Å². The average molecular weight is 388 g/mol. The summed E-state index contributed by atoms with van der Waals surface area (Å²) in [6, 6.07) is 8.30. The van der Waals surface area contributed by atoms with Crippen molar-refractivity contribution >= 4 is 38.6 Å². The lowest BCUT2D eigenvalue weighted by atomic mass is 10.1. The van der Waals surface area contributed by atoms with Crippen LogP contribution in [0.1, 0.15) is 19.8 Å². The third kappa shape index (κ3) is 4.00. The number of aromatic nitrogens is 1. The molecule has 0 aliphatic carbocycles. The first-order chi connectivity index (χ1) is 13.1. The van der Waals surface area contributed by atoms with Crippen LogP contribution in [0.15, 0.2) is 24.3 Å². The van der Waals surface area contributed by atoms with Crippen LogP contribution in [0.4, 0.5) is 9.93 Å². The summed E-state index contributed by atoms with van der Waals surface area (Å²) in [6.45, 7) is 5.77. The number of piperazine rings is 1. The highest BCUT2D eigenvalue weighted by Gasteiger charge is 2.27. The van der Waals surface area contributed by atoms with Crippen LogP contribution >= 0.6 is 11.3 Å². The summed E-state index contributed by atoms with van der Waals surface area (Å²) in [5.41, 5.74) is 1.03. The Morgan fingerprint density at radius 3 is 2.59 bits per heavy atom. The number of piperidine rings is 1. The van der Waals surface area contributed by atoms with Gasteiger partial charge in [0.15, 0.2) is 5.13 Å². The maximum absolute atomic E-state index is 12.6. The molecular weight excluding hydrogens is 362 g/mol. The van der Waals surface area contributed by atoms with Crippen molar-refractivity contribution in [1.29, 1.82) is 0 Å².